The predicted octanol–water partition coefficient (Wildman–Crippen LogP) is 4.81. The van der Waals surface area contributed by atoms with Crippen LogP contribution in [0, 0.1) is 0 Å². The van der Waals surface area contributed by atoms with Crippen LogP contribution in [0.1, 0.15) is 46.0 Å². The molecule has 1 heterocycles. The molecule has 3 aromatic carbocycles. The highest BCUT2D eigenvalue weighted by Gasteiger charge is 2.32. The Morgan fingerprint density at radius 3 is 2.33 bits per heavy atom. The van der Waals surface area contributed by atoms with E-state index in [4.69, 9.17) is 4.74 Å². The Kier molecular flexibility index (Phi) is 4.63. The number of ether oxygens (including phenoxy) is 1. The van der Waals surface area contributed by atoms with Crippen LogP contribution in [0.4, 0.5) is 0 Å². The molecule has 0 radical (unpaired) electrons. The van der Waals surface area contributed by atoms with Crippen molar-refractivity contribution in [3.8, 4) is 5.75 Å². The summed E-state index contributed by atoms with van der Waals surface area (Å²) in [5, 5.41) is 1.50. The third kappa shape index (κ3) is 3.08. The Morgan fingerprint density at radius 2 is 1.59 bits per heavy atom. The minimum atomic E-state index is -0.216. The lowest BCUT2D eigenvalue weighted by Gasteiger charge is -2.27. The molecule has 0 bridgehead atoms. The highest BCUT2D eigenvalue weighted by molar-refractivity contribution is 6.26. The van der Waals surface area contributed by atoms with Crippen LogP contribution in [0.25, 0.3) is 10.8 Å². The van der Waals surface area contributed by atoms with Gasteiger partial charge in [0.25, 0.3) is 11.8 Å². The van der Waals surface area contributed by atoms with E-state index in [1.165, 1.54) is 4.90 Å². The molecule has 4 heteroatoms. The molecule has 0 unspecified atom stereocenters. The molecule has 3 aromatic rings. The van der Waals surface area contributed by atoms with Crippen molar-refractivity contribution in [3.05, 3.63) is 77.4 Å². The first-order chi connectivity index (χ1) is 13.2. The highest BCUT2D eigenvalue weighted by Crippen LogP contribution is 2.35. The summed E-state index contributed by atoms with van der Waals surface area (Å²) in [6.45, 7) is 2.93. The lowest BCUT2D eigenvalue weighted by molar-refractivity contribution is 0.0608. The fourth-order valence-electron chi connectivity index (χ4n) is 3.50. The summed E-state index contributed by atoms with van der Waals surface area (Å²) >= 11 is 0. The molecule has 2 amide bonds. The molecule has 0 fully saturated rings. The van der Waals surface area contributed by atoms with Crippen molar-refractivity contribution in [2.24, 2.45) is 0 Å². The van der Waals surface area contributed by atoms with Gasteiger partial charge in [-0.2, -0.15) is 0 Å². The van der Waals surface area contributed by atoms with Gasteiger partial charge < -0.3 is 4.74 Å². The van der Waals surface area contributed by atoms with Gasteiger partial charge in [-0.3, -0.25) is 14.5 Å². The number of nitrogens with zero attached hydrogens (tertiary/aromatic N) is 1. The van der Waals surface area contributed by atoms with E-state index in [1.54, 1.807) is 12.1 Å². The van der Waals surface area contributed by atoms with Gasteiger partial charge in [-0.15, -0.1) is 0 Å². The van der Waals surface area contributed by atoms with Crippen LogP contribution in [0.5, 0.6) is 5.75 Å². The highest BCUT2D eigenvalue weighted by atomic mass is 16.5. The lowest BCUT2D eigenvalue weighted by Crippen LogP contribution is -2.40. The number of unbranched alkanes of at least 4 members (excludes halogenated alkanes) is 1. The maximum Gasteiger partial charge on any atom is 0.261 e. The van der Waals surface area contributed by atoms with Gasteiger partial charge in [0.2, 0.25) is 0 Å². The van der Waals surface area contributed by atoms with E-state index >= 15 is 0 Å². The van der Waals surface area contributed by atoms with E-state index in [1.807, 2.05) is 55.5 Å². The van der Waals surface area contributed by atoms with E-state index in [0.29, 0.717) is 35.4 Å². The number of amides is 2. The van der Waals surface area contributed by atoms with Gasteiger partial charge in [0.15, 0.2) is 0 Å². The summed E-state index contributed by atoms with van der Waals surface area (Å²) in [7, 11) is 0. The molecule has 0 atom stereocenters. The molecular weight excluding hydrogens is 338 g/mol. The fraction of sp³-hybridized carbons (Fsp3) is 0.217. The Labute approximate surface area is 158 Å². The van der Waals surface area contributed by atoms with E-state index in [0.717, 1.165) is 23.8 Å². The molecule has 0 saturated carbocycles. The van der Waals surface area contributed by atoms with Crippen LogP contribution >= 0.6 is 0 Å². The molecule has 136 valence electrons. The monoisotopic (exact) mass is 359 g/mol. The minimum absolute atomic E-state index is 0.216. The van der Waals surface area contributed by atoms with Gasteiger partial charge in [-0.1, -0.05) is 55.8 Å². The summed E-state index contributed by atoms with van der Waals surface area (Å²) in [4.78, 5) is 27.1. The van der Waals surface area contributed by atoms with Crippen LogP contribution < -0.4 is 4.74 Å². The Morgan fingerprint density at radius 1 is 0.852 bits per heavy atom. The minimum Gasteiger partial charge on any atom is -0.488 e. The number of hydrogen-bond acceptors (Lipinski definition) is 3. The molecule has 4 nitrogen and oxygen atoms in total. The molecule has 0 saturated heterocycles. The van der Waals surface area contributed by atoms with E-state index < -0.39 is 0 Å². The second-order valence-corrected chi connectivity index (χ2v) is 6.73. The molecule has 1 aliphatic rings. The number of imide groups is 1. The molecule has 1 aliphatic heterocycles. The van der Waals surface area contributed by atoms with Gasteiger partial charge >= 0.3 is 0 Å². The van der Waals surface area contributed by atoms with Crippen LogP contribution in [0.3, 0.4) is 0 Å². The summed E-state index contributed by atoms with van der Waals surface area (Å²) in [5.41, 5.74) is 2.21. The van der Waals surface area contributed by atoms with Crippen LogP contribution in [0.2, 0.25) is 0 Å². The van der Waals surface area contributed by atoms with Gasteiger partial charge in [-0.05, 0) is 30.2 Å². The van der Waals surface area contributed by atoms with Gasteiger partial charge in [0.05, 0.1) is 0 Å². The summed E-state index contributed by atoms with van der Waals surface area (Å²) in [6, 6.07) is 19.1. The molecule has 0 aliphatic carbocycles. The molecule has 4 rings (SSSR count). The van der Waals surface area contributed by atoms with Crippen molar-refractivity contribution >= 4 is 22.6 Å². The third-order valence-corrected chi connectivity index (χ3v) is 4.92. The van der Waals surface area contributed by atoms with Crippen LogP contribution in [-0.4, -0.2) is 23.3 Å². The maximum absolute atomic E-state index is 12.9. The zero-order valence-electron chi connectivity index (χ0n) is 15.3. The zero-order valence-corrected chi connectivity index (χ0v) is 15.3. The SMILES string of the molecule is CCCCN1C(=O)c2cccc3c(OCc4ccccc4)ccc(c23)C1=O. The van der Waals surface area contributed by atoms with Crippen molar-refractivity contribution in [1.82, 2.24) is 4.90 Å². The summed E-state index contributed by atoms with van der Waals surface area (Å²) < 4.78 is 6.01. The topological polar surface area (TPSA) is 46.6 Å². The molecular formula is C23H21NO3. The second kappa shape index (κ2) is 7.23. The molecule has 27 heavy (non-hydrogen) atoms. The Bertz CT molecular complexity index is 989. The van der Waals surface area contributed by atoms with Gasteiger partial charge in [0.1, 0.15) is 12.4 Å². The van der Waals surface area contributed by atoms with Crippen molar-refractivity contribution in [3.63, 3.8) is 0 Å². The van der Waals surface area contributed by atoms with Crippen molar-refractivity contribution < 1.29 is 14.3 Å². The average Bonchev–Trinajstić information content (AvgIpc) is 2.71. The van der Waals surface area contributed by atoms with Gasteiger partial charge in [0, 0.05) is 28.4 Å². The van der Waals surface area contributed by atoms with Crippen LogP contribution in [-0.2, 0) is 6.61 Å². The summed E-state index contributed by atoms with van der Waals surface area (Å²) in [5.74, 6) is 0.251. The molecule has 0 spiro atoms. The first kappa shape index (κ1) is 17.3. The Hall–Kier alpha value is -3.14. The number of carbonyl (C=O) groups is 2. The lowest BCUT2D eigenvalue weighted by atomic mass is 9.93. The van der Waals surface area contributed by atoms with E-state index in [2.05, 4.69) is 0 Å². The van der Waals surface area contributed by atoms with Crippen molar-refractivity contribution in [2.75, 3.05) is 6.54 Å². The smallest absolute Gasteiger partial charge is 0.261 e. The predicted molar refractivity (Wildman–Crippen MR) is 105 cm³/mol. The maximum atomic E-state index is 12.9. The number of benzene rings is 3. The average molecular weight is 359 g/mol. The molecule has 0 N–H and O–H groups in total. The number of hydrogen-bond donors (Lipinski definition) is 0. The fourth-order valence-corrected chi connectivity index (χ4v) is 3.50. The van der Waals surface area contributed by atoms with Crippen LogP contribution in [0.15, 0.2) is 60.7 Å². The summed E-state index contributed by atoms with van der Waals surface area (Å²) in [6.07, 6.45) is 1.74. The normalized spacial score (nSPS) is 13.3. The van der Waals surface area contributed by atoms with E-state index in [-0.39, 0.29) is 11.8 Å². The van der Waals surface area contributed by atoms with Crippen molar-refractivity contribution in [2.45, 2.75) is 26.4 Å². The second-order valence-electron chi connectivity index (χ2n) is 6.73. The quantitative estimate of drug-likeness (QED) is 0.593. The third-order valence-electron chi connectivity index (χ3n) is 4.92. The van der Waals surface area contributed by atoms with E-state index in [9.17, 15) is 9.59 Å². The standard InChI is InChI=1S/C23H21NO3/c1-2-3-14-24-22(25)18-11-7-10-17-20(13-12-19(21(17)18)23(24)26)27-15-16-8-5-4-6-9-16/h4-13H,2-3,14-15H2,1H3. The number of rotatable bonds is 6. The Balaban J connectivity index is 1.73. The largest absolute Gasteiger partial charge is 0.488 e. The first-order valence-electron chi connectivity index (χ1n) is 9.29. The molecule has 0 aromatic heterocycles. The van der Waals surface area contributed by atoms with Gasteiger partial charge in [-0.25, -0.2) is 0 Å². The van der Waals surface area contributed by atoms with Crippen molar-refractivity contribution in [1.29, 1.82) is 0 Å². The zero-order chi connectivity index (χ0) is 18.8. The first-order valence-corrected chi connectivity index (χ1v) is 9.29. The number of carbonyl (C=O) groups excluding carboxylic acids is 2.